The molecule has 2 aromatic heterocycles. The molecule has 0 aliphatic heterocycles. The minimum Gasteiger partial charge on any atom is -0.294 e. The maximum absolute atomic E-state index is 12.2. The largest absolute Gasteiger partial charge is 0.294 e. The fourth-order valence-corrected chi connectivity index (χ4v) is 2.95. The van der Waals surface area contributed by atoms with Crippen LogP contribution in [0.4, 0.5) is 0 Å². The van der Waals surface area contributed by atoms with Crippen LogP contribution >= 0.6 is 27.3 Å². The molecule has 5 heteroatoms. The molecule has 1 aromatic carbocycles. The Bertz CT molecular complexity index is 763. The summed E-state index contributed by atoms with van der Waals surface area (Å²) in [4.78, 5) is 17.3. The van der Waals surface area contributed by atoms with Crippen LogP contribution in [0.25, 0.3) is 10.2 Å². The van der Waals surface area contributed by atoms with Crippen molar-refractivity contribution < 1.29 is 0 Å². The van der Waals surface area contributed by atoms with Crippen molar-refractivity contribution >= 4 is 37.5 Å². The molecular formula is C13H9BrN2OS. The summed E-state index contributed by atoms with van der Waals surface area (Å²) in [5, 5.41) is 2.58. The van der Waals surface area contributed by atoms with Crippen molar-refractivity contribution in [2.75, 3.05) is 0 Å². The first-order chi connectivity index (χ1) is 8.75. The average Bonchev–Trinajstić information content (AvgIpc) is 2.84. The Kier molecular flexibility index (Phi) is 3.01. The molecule has 0 fully saturated rings. The Morgan fingerprint density at radius 3 is 2.94 bits per heavy atom. The molecule has 90 valence electrons. The van der Waals surface area contributed by atoms with E-state index in [1.807, 2.05) is 35.7 Å². The van der Waals surface area contributed by atoms with Gasteiger partial charge in [-0.05, 0) is 23.1 Å². The fraction of sp³-hybridized carbons (Fsp3) is 0.0769. The van der Waals surface area contributed by atoms with Crippen molar-refractivity contribution in [2.45, 2.75) is 6.54 Å². The molecule has 3 aromatic rings. The van der Waals surface area contributed by atoms with Crippen LogP contribution in [0.5, 0.6) is 0 Å². The molecule has 0 saturated heterocycles. The maximum atomic E-state index is 12.2. The van der Waals surface area contributed by atoms with Gasteiger partial charge in [-0.2, -0.15) is 0 Å². The highest BCUT2D eigenvalue weighted by atomic mass is 79.9. The van der Waals surface area contributed by atoms with Gasteiger partial charge in [0.1, 0.15) is 4.83 Å². The summed E-state index contributed by atoms with van der Waals surface area (Å²) in [6.45, 7) is 0.527. The standard InChI is InChI=1S/C13H9BrN2OS/c14-11-4-2-1-3-9(11)7-16-8-15-12-10(13(16)17)5-6-18-12/h1-6,8H,7H2. The summed E-state index contributed by atoms with van der Waals surface area (Å²) in [6.07, 6.45) is 1.61. The third kappa shape index (κ3) is 2.00. The first kappa shape index (κ1) is 11.6. The van der Waals surface area contributed by atoms with Crippen LogP contribution in [-0.2, 0) is 6.54 Å². The van der Waals surface area contributed by atoms with Gasteiger partial charge in [0.15, 0.2) is 0 Å². The van der Waals surface area contributed by atoms with Crippen molar-refractivity contribution in [3.05, 3.63) is 62.4 Å². The van der Waals surface area contributed by atoms with E-state index in [0.29, 0.717) is 11.9 Å². The van der Waals surface area contributed by atoms with Gasteiger partial charge < -0.3 is 0 Å². The van der Waals surface area contributed by atoms with E-state index in [4.69, 9.17) is 0 Å². The van der Waals surface area contributed by atoms with Crippen molar-refractivity contribution in [3.63, 3.8) is 0 Å². The summed E-state index contributed by atoms with van der Waals surface area (Å²) in [5.74, 6) is 0. The molecule has 0 aliphatic rings. The van der Waals surface area contributed by atoms with Gasteiger partial charge in [-0.3, -0.25) is 9.36 Å². The van der Waals surface area contributed by atoms with Crippen molar-refractivity contribution in [3.8, 4) is 0 Å². The Morgan fingerprint density at radius 1 is 1.28 bits per heavy atom. The Morgan fingerprint density at radius 2 is 2.11 bits per heavy atom. The fourth-order valence-electron chi connectivity index (χ4n) is 1.82. The number of thiophene rings is 1. The molecule has 18 heavy (non-hydrogen) atoms. The Balaban J connectivity index is 2.08. The number of halogens is 1. The highest BCUT2D eigenvalue weighted by Gasteiger charge is 2.06. The van der Waals surface area contributed by atoms with E-state index < -0.39 is 0 Å². The van der Waals surface area contributed by atoms with Gasteiger partial charge in [0, 0.05) is 4.47 Å². The van der Waals surface area contributed by atoms with Gasteiger partial charge >= 0.3 is 0 Å². The second-order valence-corrected chi connectivity index (χ2v) is 5.66. The average molecular weight is 321 g/mol. The minimum absolute atomic E-state index is 0.0111. The molecule has 0 atom stereocenters. The number of hydrogen-bond acceptors (Lipinski definition) is 3. The highest BCUT2D eigenvalue weighted by Crippen LogP contribution is 2.17. The summed E-state index contributed by atoms with van der Waals surface area (Å²) in [6, 6.07) is 9.70. The zero-order valence-corrected chi connectivity index (χ0v) is 11.7. The number of aromatic nitrogens is 2. The summed E-state index contributed by atoms with van der Waals surface area (Å²) < 4.78 is 2.64. The third-order valence-corrected chi connectivity index (χ3v) is 4.34. The molecule has 0 amide bonds. The van der Waals surface area contributed by atoms with Gasteiger partial charge in [0.05, 0.1) is 18.3 Å². The number of hydrogen-bond donors (Lipinski definition) is 0. The predicted octanol–water partition coefficient (Wildman–Crippen LogP) is 3.27. The van der Waals surface area contributed by atoms with Crippen LogP contribution in [0.2, 0.25) is 0 Å². The second kappa shape index (κ2) is 4.66. The van der Waals surface area contributed by atoms with Gasteiger partial charge in [-0.1, -0.05) is 34.1 Å². The number of benzene rings is 1. The van der Waals surface area contributed by atoms with Gasteiger partial charge in [-0.15, -0.1) is 11.3 Å². The number of nitrogens with zero attached hydrogens (tertiary/aromatic N) is 2. The monoisotopic (exact) mass is 320 g/mol. The minimum atomic E-state index is 0.0111. The third-order valence-electron chi connectivity index (χ3n) is 2.75. The molecule has 2 heterocycles. The SMILES string of the molecule is O=c1c2ccsc2ncn1Cc1ccccc1Br. The van der Waals surface area contributed by atoms with E-state index in [1.54, 1.807) is 10.9 Å². The normalized spacial score (nSPS) is 10.9. The van der Waals surface area contributed by atoms with E-state index in [-0.39, 0.29) is 5.56 Å². The quantitative estimate of drug-likeness (QED) is 0.726. The van der Waals surface area contributed by atoms with Crippen molar-refractivity contribution in [2.24, 2.45) is 0 Å². The van der Waals surface area contributed by atoms with E-state index in [9.17, 15) is 4.79 Å². The zero-order chi connectivity index (χ0) is 12.5. The lowest BCUT2D eigenvalue weighted by Gasteiger charge is -2.07. The number of fused-ring (bicyclic) bond motifs is 1. The van der Waals surface area contributed by atoms with Gasteiger partial charge in [0.25, 0.3) is 5.56 Å². The Hall–Kier alpha value is -1.46. The van der Waals surface area contributed by atoms with E-state index in [2.05, 4.69) is 20.9 Å². The van der Waals surface area contributed by atoms with Crippen LogP contribution in [-0.4, -0.2) is 9.55 Å². The first-order valence-electron chi connectivity index (χ1n) is 5.42. The molecule has 0 spiro atoms. The summed E-state index contributed by atoms with van der Waals surface area (Å²) >= 11 is 4.97. The highest BCUT2D eigenvalue weighted by molar-refractivity contribution is 9.10. The smallest absolute Gasteiger partial charge is 0.262 e. The van der Waals surface area contributed by atoms with E-state index in [1.165, 1.54) is 11.3 Å². The first-order valence-corrected chi connectivity index (χ1v) is 7.09. The maximum Gasteiger partial charge on any atom is 0.262 e. The molecule has 0 unspecified atom stereocenters. The molecule has 0 saturated carbocycles. The molecule has 3 rings (SSSR count). The molecule has 0 N–H and O–H groups in total. The molecule has 0 bridgehead atoms. The number of rotatable bonds is 2. The van der Waals surface area contributed by atoms with Crippen molar-refractivity contribution in [1.29, 1.82) is 0 Å². The Labute approximate surface area is 116 Å². The topological polar surface area (TPSA) is 34.9 Å². The van der Waals surface area contributed by atoms with E-state index in [0.717, 1.165) is 14.9 Å². The molecular weight excluding hydrogens is 312 g/mol. The lowest BCUT2D eigenvalue weighted by Crippen LogP contribution is -2.20. The van der Waals surface area contributed by atoms with Crippen LogP contribution < -0.4 is 5.56 Å². The second-order valence-electron chi connectivity index (χ2n) is 3.91. The van der Waals surface area contributed by atoms with Crippen molar-refractivity contribution in [1.82, 2.24) is 9.55 Å². The molecule has 3 nitrogen and oxygen atoms in total. The van der Waals surface area contributed by atoms with Crippen LogP contribution in [0.3, 0.4) is 0 Å². The summed E-state index contributed by atoms with van der Waals surface area (Å²) in [7, 11) is 0. The predicted molar refractivity (Wildman–Crippen MR) is 77.1 cm³/mol. The van der Waals surface area contributed by atoms with Crippen LogP contribution in [0.15, 0.2) is 51.3 Å². The van der Waals surface area contributed by atoms with Gasteiger partial charge in [0.2, 0.25) is 0 Å². The van der Waals surface area contributed by atoms with Gasteiger partial charge in [-0.25, -0.2) is 4.98 Å². The zero-order valence-electron chi connectivity index (χ0n) is 9.34. The molecule has 0 aliphatic carbocycles. The van der Waals surface area contributed by atoms with Crippen LogP contribution in [0, 0.1) is 0 Å². The lowest BCUT2D eigenvalue weighted by atomic mass is 10.2. The van der Waals surface area contributed by atoms with E-state index >= 15 is 0 Å². The lowest BCUT2D eigenvalue weighted by molar-refractivity contribution is 0.747. The summed E-state index contributed by atoms with van der Waals surface area (Å²) in [5.41, 5.74) is 1.08. The van der Waals surface area contributed by atoms with Crippen LogP contribution in [0.1, 0.15) is 5.56 Å². The molecule has 0 radical (unpaired) electrons.